The summed E-state index contributed by atoms with van der Waals surface area (Å²) in [6, 6.07) is 11.1. The highest BCUT2D eigenvalue weighted by Crippen LogP contribution is 2.40. The van der Waals surface area contributed by atoms with Crippen LogP contribution in [0.25, 0.3) is 0 Å². The molecule has 4 heteroatoms. The normalized spacial score (nSPS) is 29.9. The molecule has 1 aliphatic heterocycles. The third kappa shape index (κ3) is 3.65. The van der Waals surface area contributed by atoms with Crippen molar-refractivity contribution in [3.05, 3.63) is 35.9 Å². The van der Waals surface area contributed by atoms with E-state index in [-0.39, 0.29) is 11.5 Å². The second kappa shape index (κ2) is 6.85. The van der Waals surface area contributed by atoms with Crippen LogP contribution in [0.5, 0.6) is 0 Å². The average molecular weight is 330 g/mol. The van der Waals surface area contributed by atoms with Crippen molar-refractivity contribution >= 4 is 5.91 Å². The lowest BCUT2D eigenvalue weighted by Gasteiger charge is -2.51. The number of carbonyl (C=O) groups excluding carboxylic acids is 1. The van der Waals surface area contributed by atoms with Gasteiger partial charge in [-0.1, -0.05) is 30.3 Å². The second-order valence-corrected chi connectivity index (χ2v) is 7.76. The van der Waals surface area contributed by atoms with E-state index in [0.29, 0.717) is 6.04 Å². The van der Waals surface area contributed by atoms with Gasteiger partial charge in [0.15, 0.2) is 0 Å². The van der Waals surface area contributed by atoms with E-state index in [2.05, 4.69) is 42.6 Å². The summed E-state index contributed by atoms with van der Waals surface area (Å²) >= 11 is 0. The van der Waals surface area contributed by atoms with Gasteiger partial charge in [0.25, 0.3) is 5.91 Å². The van der Waals surface area contributed by atoms with E-state index in [9.17, 15) is 4.79 Å². The number of morpholine rings is 1. The minimum absolute atomic E-state index is 0.125. The van der Waals surface area contributed by atoms with Crippen LogP contribution in [0.4, 0.5) is 0 Å². The molecule has 3 rings (SSSR count). The van der Waals surface area contributed by atoms with E-state index in [4.69, 9.17) is 4.74 Å². The van der Waals surface area contributed by atoms with Gasteiger partial charge in [-0.25, -0.2) is 0 Å². The summed E-state index contributed by atoms with van der Waals surface area (Å²) in [6.07, 6.45) is 4.25. The molecule has 0 atom stereocenters. The number of carbonyl (C=O) groups is 1. The standard InChI is InChI=1S/C20H30N2O2/c1-4-22-15-20(24-19(2,3)18(22)23)12-10-17(11-13-20)21-14-16-8-6-5-7-9-16/h5-9,17,21H,4,10-15H2,1-3H3. The van der Waals surface area contributed by atoms with Crippen LogP contribution in [0.2, 0.25) is 0 Å². The molecule has 0 aromatic heterocycles. The zero-order valence-electron chi connectivity index (χ0n) is 15.2. The number of nitrogens with one attached hydrogen (secondary N) is 1. The number of amides is 1. The molecular weight excluding hydrogens is 300 g/mol. The summed E-state index contributed by atoms with van der Waals surface area (Å²) in [5.41, 5.74) is 0.479. The van der Waals surface area contributed by atoms with Crippen LogP contribution in [0.1, 0.15) is 52.0 Å². The molecule has 1 aliphatic carbocycles. The third-order valence-electron chi connectivity index (χ3n) is 5.47. The van der Waals surface area contributed by atoms with E-state index in [1.807, 2.05) is 18.7 Å². The third-order valence-corrected chi connectivity index (χ3v) is 5.47. The average Bonchev–Trinajstić information content (AvgIpc) is 2.58. The van der Waals surface area contributed by atoms with Crippen LogP contribution in [0.3, 0.4) is 0 Å². The van der Waals surface area contributed by atoms with Crippen molar-refractivity contribution in [2.45, 2.75) is 70.2 Å². The van der Waals surface area contributed by atoms with Gasteiger partial charge in [-0.3, -0.25) is 4.79 Å². The van der Waals surface area contributed by atoms with E-state index < -0.39 is 5.60 Å². The molecule has 1 saturated carbocycles. The van der Waals surface area contributed by atoms with Crippen molar-refractivity contribution in [2.75, 3.05) is 13.1 Å². The lowest BCUT2D eigenvalue weighted by molar-refractivity contribution is -0.214. The first-order valence-corrected chi connectivity index (χ1v) is 9.21. The largest absolute Gasteiger partial charge is 0.357 e. The van der Waals surface area contributed by atoms with Crippen LogP contribution < -0.4 is 5.32 Å². The molecule has 24 heavy (non-hydrogen) atoms. The van der Waals surface area contributed by atoms with Gasteiger partial charge >= 0.3 is 0 Å². The molecule has 1 aromatic rings. The number of likely N-dealkylation sites (N-methyl/N-ethyl adjacent to an activating group) is 1. The van der Waals surface area contributed by atoms with Crippen molar-refractivity contribution in [1.29, 1.82) is 0 Å². The molecule has 1 aromatic carbocycles. The Morgan fingerprint density at radius 3 is 2.50 bits per heavy atom. The summed E-state index contributed by atoms with van der Waals surface area (Å²) in [7, 11) is 0. The fourth-order valence-electron chi connectivity index (χ4n) is 4.14. The zero-order chi connectivity index (χ0) is 17.2. The minimum atomic E-state index is -0.696. The van der Waals surface area contributed by atoms with E-state index in [1.54, 1.807) is 0 Å². The molecule has 132 valence electrons. The van der Waals surface area contributed by atoms with E-state index >= 15 is 0 Å². The molecule has 2 aliphatic rings. The molecule has 1 saturated heterocycles. The first-order valence-electron chi connectivity index (χ1n) is 9.21. The second-order valence-electron chi connectivity index (χ2n) is 7.76. The highest BCUT2D eigenvalue weighted by Gasteiger charge is 2.50. The van der Waals surface area contributed by atoms with Gasteiger partial charge in [0.05, 0.1) is 5.60 Å². The smallest absolute Gasteiger partial charge is 0.254 e. The number of benzene rings is 1. The van der Waals surface area contributed by atoms with Crippen molar-refractivity contribution in [3.63, 3.8) is 0 Å². The van der Waals surface area contributed by atoms with Crippen LogP contribution in [0, 0.1) is 0 Å². The lowest BCUT2D eigenvalue weighted by atomic mass is 9.79. The van der Waals surface area contributed by atoms with Gasteiger partial charge in [-0.2, -0.15) is 0 Å². The SMILES string of the molecule is CCN1CC2(CCC(NCc3ccccc3)CC2)OC(C)(C)C1=O. The quantitative estimate of drug-likeness (QED) is 0.922. The number of hydrogen-bond donors (Lipinski definition) is 1. The Labute approximate surface area is 145 Å². The summed E-state index contributed by atoms with van der Waals surface area (Å²) in [5.74, 6) is 0.125. The topological polar surface area (TPSA) is 41.6 Å². The van der Waals surface area contributed by atoms with Gasteiger partial charge < -0.3 is 15.0 Å². The van der Waals surface area contributed by atoms with E-state index in [0.717, 1.165) is 45.3 Å². The Morgan fingerprint density at radius 1 is 1.21 bits per heavy atom. The molecule has 0 radical (unpaired) electrons. The first kappa shape index (κ1) is 17.4. The Kier molecular flexibility index (Phi) is 4.97. The van der Waals surface area contributed by atoms with Crippen molar-refractivity contribution in [1.82, 2.24) is 10.2 Å². The maximum Gasteiger partial charge on any atom is 0.254 e. The molecule has 1 heterocycles. The molecule has 0 unspecified atom stereocenters. The summed E-state index contributed by atoms with van der Waals surface area (Å²) in [5, 5.41) is 3.68. The van der Waals surface area contributed by atoms with E-state index in [1.165, 1.54) is 5.56 Å². The number of rotatable bonds is 4. The van der Waals surface area contributed by atoms with Crippen LogP contribution >= 0.6 is 0 Å². The van der Waals surface area contributed by atoms with Crippen LogP contribution in [0.15, 0.2) is 30.3 Å². The molecule has 1 amide bonds. The number of ether oxygens (including phenoxy) is 1. The Hall–Kier alpha value is -1.39. The maximum atomic E-state index is 12.4. The minimum Gasteiger partial charge on any atom is -0.357 e. The predicted molar refractivity (Wildman–Crippen MR) is 95.7 cm³/mol. The molecule has 0 bridgehead atoms. The fraction of sp³-hybridized carbons (Fsp3) is 0.650. The fourth-order valence-corrected chi connectivity index (χ4v) is 4.14. The Balaban J connectivity index is 1.57. The highest BCUT2D eigenvalue weighted by molar-refractivity contribution is 5.85. The van der Waals surface area contributed by atoms with Crippen LogP contribution in [-0.2, 0) is 16.1 Å². The first-order chi connectivity index (χ1) is 11.4. The van der Waals surface area contributed by atoms with Crippen molar-refractivity contribution in [3.8, 4) is 0 Å². The van der Waals surface area contributed by atoms with Gasteiger partial charge in [0.2, 0.25) is 0 Å². The summed E-state index contributed by atoms with van der Waals surface area (Å²) in [6.45, 7) is 8.32. The Bertz CT molecular complexity index is 562. The van der Waals surface area contributed by atoms with Gasteiger partial charge in [-0.15, -0.1) is 0 Å². The van der Waals surface area contributed by atoms with Crippen molar-refractivity contribution < 1.29 is 9.53 Å². The molecule has 1 N–H and O–H groups in total. The molecular formula is C20H30N2O2. The zero-order valence-corrected chi connectivity index (χ0v) is 15.2. The molecule has 1 spiro atoms. The molecule has 2 fully saturated rings. The molecule has 4 nitrogen and oxygen atoms in total. The van der Waals surface area contributed by atoms with Gasteiger partial charge in [0.1, 0.15) is 5.60 Å². The summed E-state index contributed by atoms with van der Waals surface area (Å²) < 4.78 is 6.34. The highest BCUT2D eigenvalue weighted by atomic mass is 16.5. The lowest BCUT2D eigenvalue weighted by Crippen LogP contribution is -2.64. The monoisotopic (exact) mass is 330 g/mol. The van der Waals surface area contributed by atoms with Crippen LogP contribution in [-0.4, -0.2) is 41.1 Å². The number of nitrogens with zero attached hydrogens (tertiary/aromatic N) is 1. The predicted octanol–water partition coefficient (Wildman–Crippen LogP) is 3.11. The van der Waals surface area contributed by atoms with Gasteiger partial charge in [-0.05, 0) is 52.0 Å². The Morgan fingerprint density at radius 2 is 1.88 bits per heavy atom. The summed E-state index contributed by atoms with van der Waals surface area (Å²) in [4.78, 5) is 14.4. The number of hydrogen-bond acceptors (Lipinski definition) is 3. The maximum absolute atomic E-state index is 12.4. The van der Waals surface area contributed by atoms with Crippen molar-refractivity contribution in [2.24, 2.45) is 0 Å². The van der Waals surface area contributed by atoms with Gasteiger partial charge in [0, 0.05) is 25.7 Å².